The molecule has 1 atom stereocenters. The minimum atomic E-state index is -0.406. The molecule has 6 heteroatoms. The number of hydrogen-bond donors (Lipinski definition) is 1. The number of carbonyl (C=O) groups excluding carboxylic acids is 2. The topological polar surface area (TPSA) is 67.9 Å². The van der Waals surface area contributed by atoms with Crippen LogP contribution in [-0.2, 0) is 9.59 Å². The Morgan fingerprint density at radius 2 is 1.82 bits per heavy atom. The summed E-state index contributed by atoms with van der Waals surface area (Å²) in [6.45, 7) is 0.549. The minimum Gasteiger partial charge on any atom is -0.454 e. The number of anilines is 2. The van der Waals surface area contributed by atoms with Crippen LogP contribution >= 0.6 is 0 Å². The van der Waals surface area contributed by atoms with E-state index in [0.717, 1.165) is 16.5 Å². The molecule has 0 aromatic heterocycles. The van der Waals surface area contributed by atoms with Crippen molar-refractivity contribution in [3.8, 4) is 11.5 Å². The van der Waals surface area contributed by atoms with Gasteiger partial charge in [0.25, 0.3) is 0 Å². The largest absolute Gasteiger partial charge is 0.454 e. The standard InChI is InChI=1S/C22H18N2O4/c25-21-10-15(22(26)23-16-8-9-19-20(11-16)28-13-27-19)12-24(21)18-7-3-5-14-4-1-2-6-17(14)18/h1-9,11,15H,10,12-13H2,(H,23,26)/t15-/m1/s1. The van der Waals surface area contributed by atoms with Crippen LogP contribution in [0.25, 0.3) is 10.8 Å². The minimum absolute atomic E-state index is 0.0396. The molecule has 0 unspecified atom stereocenters. The SMILES string of the molecule is O=C(Nc1ccc2c(c1)OCO2)[C@@H]1CC(=O)N(c2cccc3ccccc23)C1. The quantitative estimate of drug-likeness (QED) is 0.761. The van der Waals surface area contributed by atoms with Gasteiger partial charge in [-0.3, -0.25) is 9.59 Å². The van der Waals surface area contributed by atoms with Gasteiger partial charge in [-0.05, 0) is 23.6 Å². The maximum atomic E-state index is 12.7. The second-order valence-electron chi connectivity index (χ2n) is 6.96. The van der Waals surface area contributed by atoms with E-state index in [-0.39, 0.29) is 25.0 Å². The molecule has 1 fully saturated rings. The van der Waals surface area contributed by atoms with Crippen LogP contribution in [0.5, 0.6) is 11.5 Å². The van der Waals surface area contributed by atoms with Crippen molar-refractivity contribution in [1.82, 2.24) is 0 Å². The van der Waals surface area contributed by atoms with Gasteiger partial charge in [0.05, 0.1) is 11.6 Å². The second-order valence-corrected chi connectivity index (χ2v) is 6.96. The monoisotopic (exact) mass is 374 g/mol. The van der Waals surface area contributed by atoms with E-state index in [1.807, 2.05) is 42.5 Å². The smallest absolute Gasteiger partial charge is 0.231 e. The summed E-state index contributed by atoms with van der Waals surface area (Å²) in [6.07, 6.45) is 0.194. The molecule has 2 aliphatic heterocycles. The highest BCUT2D eigenvalue weighted by molar-refractivity contribution is 6.08. The molecule has 2 aliphatic rings. The van der Waals surface area contributed by atoms with Crippen molar-refractivity contribution < 1.29 is 19.1 Å². The highest BCUT2D eigenvalue weighted by Crippen LogP contribution is 2.35. The molecule has 140 valence electrons. The summed E-state index contributed by atoms with van der Waals surface area (Å²) < 4.78 is 10.6. The molecule has 0 aliphatic carbocycles. The lowest BCUT2D eigenvalue weighted by atomic mass is 10.1. The summed E-state index contributed by atoms with van der Waals surface area (Å²) in [7, 11) is 0. The predicted octanol–water partition coefficient (Wildman–Crippen LogP) is 3.56. The summed E-state index contributed by atoms with van der Waals surface area (Å²) in [5.74, 6) is 0.655. The molecule has 3 aromatic rings. The van der Waals surface area contributed by atoms with Crippen LogP contribution < -0.4 is 19.7 Å². The van der Waals surface area contributed by atoms with Crippen molar-refractivity contribution in [3.63, 3.8) is 0 Å². The molecular weight excluding hydrogens is 356 g/mol. The fraction of sp³-hybridized carbons (Fsp3) is 0.182. The molecule has 0 radical (unpaired) electrons. The molecule has 2 amide bonds. The molecule has 28 heavy (non-hydrogen) atoms. The molecule has 0 spiro atoms. The Balaban J connectivity index is 1.35. The van der Waals surface area contributed by atoms with Gasteiger partial charge in [-0.1, -0.05) is 36.4 Å². The van der Waals surface area contributed by atoms with E-state index in [1.54, 1.807) is 23.1 Å². The number of rotatable bonds is 3. The molecule has 1 saturated heterocycles. The Morgan fingerprint density at radius 1 is 1.00 bits per heavy atom. The average molecular weight is 374 g/mol. The second kappa shape index (κ2) is 6.56. The summed E-state index contributed by atoms with van der Waals surface area (Å²) in [6, 6.07) is 19.1. The third kappa shape index (κ3) is 2.83. The lowest BCUT2D eigenvalue weighted by Crippen LogP contribution is -2.28. The van der Waals surface area contributed by atoms with Crippen LogP contribution in [0, 0.1) is 5.92 Å². The Labute approximate surface area is 161 Å². The summed E-state index contributed by atoms with van der Waals surface area (Å²) in [4.78, 5) is 27.1. The number of benzene rings is 3. The van der Waals surface area contributed by atoms with E-state index in [2.05, 4.69) is 5.32 Å². The number of hydrogen-bond acceptors (Lipinski definition) is 4. The maximum Gasteiger partial charge on any atom is 0.231 e. The van der Waals surface area contributed by atoms with Gasteiger partial charge < -0.3 is 19.7 Å². The Kier molecular flexibility index (Phi) is 3.90. The molecule has 2 heterocycles. The van der Waals surface area contributed by atoms with Crippen LogP contribution in [0.15, 0.2) is 60.7 Å². The Bertz CT molecular complexity index is 1090. The molecule has 3 aromatic carbocycles. The lowest BCUT2D eigenvalue weighted by Gasteiger charge is -2.19. The number of ether oxygens (including phenoxy) is 2. The van der Waals surface area contributed by atoms with E-state index in [1.165, 1.54) is 0 Å². The first-order valence-electron chi connectivity index (χ1n) is 9.18. The number of amides is 2. The van der Waals surface area contributed by atoms with Crippen molar-refractivity contribution in [1.29, 1.82) is 0 Å². The third-order valence-corrected chi connectivity index (χ3v) is 5.19. The molecule has 0 bridgehead atoms. The van der Waals surface area contributed by atoms with Gasteiger partial charge in [-0.15, -0.1) is 0 Å². The van der Waals surface area contributed by atoms with Gasteiger partial charge in [0.2, 0.25) is 18.6 Å². The molecule has 1 N–H and O–H groups in total. The van der Waals surface area contributed by atoms with Crippen molar-refractivity contribution >= 4 is 34.0 Å². The molecule has 6 nitrogen and oxygen atoms in total. The van der Waals surface area contributed by atoms with Crippen molar-refractivity contribution in [2.75, 3.05) is 23.6 Å². The first-order valence-corrected chi connectivity index (χ1v) is 9.18. The summed E-state index contributed by atoms with van der Waals surface area (Å²) >= 11 is 0. The molecule has 0 saturated carbocycles. The van der Waals surface area contributed by atoms with Gasteiger partial charge in [0.15, 0.2) is 11.5 Å². The van der Waals surface area contributed by atoms with Gasteiger partial charge in [0.1, 0.15) is 0 Å². The number of nitrogens with zero attached hydrogens (tertiary/aromatic N) is 1. The highest BCUT2D eigenvalue weighted by atomic mass is 16.7. The number of fused-ring (bicyclic) bond motifs is 2. The zero-order valence-corrected chi connectivity index (χ0v) is 15.1. The number of carbonyl (C=O) groups is 2. The fourth-order valence-corrected chi connectivity index (χ4v) is 3.78. The third-order valence-electron chi connectivity index (χ3n) is 5.19. The predicted molar refractivity (Wildman–Crippen MR) is 106 cm³/mol. The van der Waals surface area contributed by atoms with E-state index in [4.69, 9.17) is 9.47 Å². The van der Waals surface area contributed by atoms with Gasteiger partial charge in [0, 0.05) is 30.1 Å². The van der Waals surface area contributed by atoms with Crippen LogP contribution in [0.3, 0.4) is 0 Å². The van der Waals surface area contributed by atoms with Crippen LogP contribution in [-0.4, -0.2) is 25.2 Å². The normalized spacial score (nSPS) is 17.9. The molecular formula is C22H18N2O4. The Morgan fingerprint density at radius 3 is 2.75 bits per heavy atom. The zero-order valence-electron chi connectivity index (χ0n) is 15.1. The van der Waals surface area contributed by atoms with E-state index >= 15 is 0 Å². The summed E-state index contributed by atoms with van der Waals surface area (Å²) in [5.41, 5.74) is 1.48. The van der Waals surface area contributed by atoms with Crippen LogP contribution in [0.4, 0.5) is 11.4 Å². The highest BCUT2D eigenvalue weighted by Gasteiger charge is 2.35. The van der Waals surface area contributed by atoms with E-state index in [0.29, 0.717) is 23.7 Å². The van der Waals surface area contributed by atoms with E-state index < -0.39 is 5.92 Å². The zero-order chi connectivity index (χ0) is 19.1. The van der Waals surface area contributed by atoms with E-state index in [9.17, 15) is 9.59 Å². The average Bonchev–Trinajstić information content (AvgIpc) is 3.33. The van der Waals surface area contributed by atoms with Gasteiger partial charge in [-0.25, -0.2) is 0 Å². The lowest BCUT2D eigenvalue weighted by molar-refractivity contribution is -0.122. The number of nitrogens with one attached hydrogen (secondary N) is 1. The van der Waals surface area contributed by atoms with Gasteiger partial charge in [-0.2, -0.15) is 0 Å². The summed E-state index contributed by atoms with van der Waals surface area (Å²) in [5, 5.41) is 4.97. The Hall–Kier alpha value is -3.54. The van der Waals surface area contributed by atoms with Gasteiger partial charge >= 0.3 is 0 Å². The molecule has 5 rings (SSSR count). The van der Waals surface area contributed by atoms with Crippen molar-refractivity contribution in [3.05, 3.63) is 60.7 Å². The fourth-order valence-electron chi connectivity index (χ4n) is 3.78. The van der Waals surface area contributed by atoms with Crippen LogP contribution in [0.1, 0.15) is 6.42 Å². The maximum absolute atomic E-state index is 12.7. The van der Waals surface area contributed by atoms with Crippen LogP contribution in [0.2, 0.25) is 0 Å². The van der Waals surface area contributed by atoms with Crippen molar-refractivity contribution in [2.24, 2.45) is 5.92 Å². The first kappa shape index (κ1) is 16.6. The first-order chi connectivity index (χ1) is 13.7. The van der Waals surface area contributed by atoms with Crippen molar-refractivity contribution in [2.45, 2.75) is 6.42 Å².